The molecular weight excluding hydrogens is 307 g/mol. The lowest BCUT2D eigenvalue weighted by atomic mass is 10.1. The fraction of sp³-hybridized carbons (Fsp3) is 0.333. The Labute approximate surface area is 119 Å². The quantitative estimate of drug-likeness (QED) is 0.923. The molecule has 0 aliphatic heterocycles. The molecule has 112 valence electrons. The predicted molar refractivity (Wildman–Crippen MR) is 68.4 cm³/mol. The number of alkyl halides is 3. The molecule has 1 N–H and O–H groups in total. The van der Waals surface area contributed by atoms with Crippen LogP contribution in [-0.2, 0) is 16.2 Å². The minimum atomic E-state index is -4.64. The molecule has 0 radical (unpaired) electrons. The van der Waals surface area contributed by atoms with Gasteiger partial charge in [-0.25, -0.2) is 8.42 Å². The number of halogens is 3. The maximum absolute atomic E-state index is 12.5. The highest BCUT2D eigenvalue weighted by Crippen LogP contribution is 2.32. The Balaban J connectivity index is 3.23. The molecule has 5 nitrogen and oxygen atoms in total. The number of hydrogen-bond acceptors (Lipinski definition) is 4. The molecule has 0 spiro atoms. The summed E-state index contributed by atoms with van der Waals surface area (Å²) in [7, 11) is -4.10. The molecule has 0 bridgehead atoms. The summed E-state index contributed by atoms with van der Waals surface area (Å²) in [6.45, 7) is 1.48. The van der Waals surface area contributed by atoms with E-state index in [4.69, 9.17) is 10.5 Å². The van der Waals surface area contributed by atoms with Gasteiger partial charge in [0, 0.05) is 0 Å². The first kappa shape index (κ1) is 16.8. The van der Waals surface area contributed by atoms with Crippen LogP contribution >= 0.6 is 0 Å². The lowest BCUT2D eigenvalue weighted by Gasteiger charge is -2.14. The number of nitrogens with zero attached hydrogens (tertiary/aromatic N) is 2. The summed E-state index contributed by atoms with van der Waals surface area (Å²) in [6.07, 6.45) is -4.63. The molecule has 0 saturated heterocycles. The van der Waals surface area contributed by atoms with E-state index < -0.39 is 32.6 Å². The van der Waals surface area contributed by atoms with Crippen LogP contribution in [-0.4, -0.2) is 13.7 Å². The summed E-state index contributed by atoms with van der Waals surface area (Å²) in [5.74, 6) is 0. The van der Waals surface area contributed by atoms with E-state index in [1.165, 1.54) is 13.0 Å². The van der Waals surface area contributed by atoms with Crippen LogP contribution in [0.3, 0.4) is 0 Å². The normalized spacial score (nSPS) is 13.0. The Morgan fingerprint density at radius 2 is 1.95 bits per heavy atom. The van der Waals surface area contributed by atoms with Gasteiger partial charge in [-0.3, -0.25) is 4.72 Å². The number of sulfonamides is 1. The summed E-state index contributed by atoms with van der Waals surface area (Å²) in [5.41, 5.74) is -1.82. The van der Waals surface area contributed by atoms with Gasteiger partial charge in [0.1, 0.15) is 6.07 Å². The molecule has 0 fully saturated rings. The van der Waals surface area contributed by atoms with Crippen molar-refractivity contribution in [3.8, 4) is 12.1 Å². The van der Waals surface area contributed by atoms with Crippen molar-refractivity contribution in [1.29, 1.82) is 10.5 Å². The van der Waals surface area contributed by atoms with Crippen LogP contribution < -0.4 is 4.72 Å². The zero-order valence-corrected chi connectivity index (χ0v) is 11.6. The van der Waals surface area contributed by atoms with Gasteiger partial charge >= 0.3 is 6.18 Å². The number of nitriles is 2. The highest BCUT2D eigenvalue weighted by Gasteiger charge is 2.32. The molecule has 9 heteroatoms. The van der Waals surface area contributed by atoms with Crippen molar-refractivity contribution < 1.29 is 21.6 Å². The van der Waals surface area contributed by atoms with Gasteiger partial charge in [-0.2, -0.15) is 23.7 Å². The first-order valence-electron chi connectivity index (χ1n) is 5.68. The Hall–Kier alpha value is -2.26. The van der Waals surface area contributed by atoms with Crippen molar-refractivity contribution >= 4 is 15.7 Å². The monoisotopic (exact) mass is 317 g/mol. The molecule has 1 rings (SSSR count). The van der Waals surface area contributed by atoms with E-state index in [2.05, 4.69) is 0 Å². The van der Waals surface area contributed by atoms with Crippen molar-refractivity contribution in [2.75, 3.05) is 4.72 Å². The second-order valence-electron chi connectivity index (χ2n) is 4.04. The molecule has 21 heavy (non-hydrogen) atoms. The summed E-state index contributed by atoms with van der Waals surface area (Å²) >= 11 is 0. The van der Waals surface area contributed by atoms with Crippen molar-refractivity contribution in [3.05, 3.63) is 29.3 Å². The lowest BCUT2D eigenvalue weighted by molar-refractivity contribution is -0.137. The van der Waals surface area contributed by atoms with Crippen molar-refractivity contribution in [2.24, 2.45) is 0 Å². The van der Waals surface area contributed by atoms with Crippen LogP contribution in [0.1, 0.15) is 24.5 Å². The zero-order valence-electron chi connectivity index (χ0n) is 10.8. The first-order chi connectivity index (χ1) is 9.65. The van der Waals surface area contributed by atoms with Crippen molar-refractivity contribution in [1.82, 2.24) is 0 Å². The molecular formula is C12H10F3N3O2S. The molecule has 0 aromatic heterocycles. The molecule has 0 aliphatic carbocycles. The summed E-state index contributed by atoms with van der Waals surface area (Å²) < 4.78 is 63.2. The van der Waals surface area contributed by atoms with Crippen LogP contribution in [0.4, 0.5) is 18.9 Å². The van der Waals surface area contributed by atoms with Crippen molar-refractivity contribution in [2.45, 2.75) is 24.8 Å². The van der Waals surface area contributed by atoms with E-state index in [1.54, 1.807) is 6.07 Å². The standard InChI is InChI=1S/C12H10F3N3O2S/c1-2-10(7-17)21(19,20)18-11-4-3-9(12(13,14)15)5-8(11)6-16/h3-5,10,18H,2H2,1H3. The molecule has 1 aromatic carbocycles. The fourth-order valence-electron chi connectivity index (χ4n) is 1.51. The summed E-state index contributed by atoms with van der Waals surface area (Å²) in [5, 5.41) is 16.2. The second-order valence-corrected chi connectivity index (χ2v) is 5.91. The van der Waals surface area contributed by atoms with Gasteiger partial charge in [-0.1, -0.05) is 6.92 Å². The maximum Gasteiger partial charge on any atom is 0.416 e. The van der Waals surface area contributed by atoms with E-state index in [0.717, 1.165) is 6.07 Å². The minimum Gasteiger partial charge on any atom is -0.281 e. The van der Waals surface area contributed by atoms with E-state index in [-0.39, 0.29) is 12.1 Å². The van der Waals surface area contributed by atoms with E-state index in [1.807, 2.05) is 4.72 Å². The Bertz CT molecular complexity index is 715. The smallest absolute Gasteiger partial charge is 0.281 e. The molecule has 0 saturated carbocycles. The number of nitrogens with one attached hydrogen (secondary N) is 1. The van der Waals surface area contributed by atoms with Crippen LogP contribution in [0.2, 0.25) is 0 Å². The Kier molecular flexibility index (Phi) is 4.81. The van der Waals surface area contributed by atoms with Crippen LogP contribution in [0, 0.1) is 22.7 Å². The van der Waals surface area contributed by atoms with Gasteiger partial charge in [0.2, 0.25) is 10.0 Å². The van der Waals surface area contributed by atoms with Gasteiger partial charge in [0.25, 0.3) is 0 Å². The average molecular weight is 317 g/mol. The number of benzene rings is 1. The molecule has 0 aliphatic rings. The average Bonchev–Trinajstić information content (AvgIpc) is 2.38. The number of rotatable bonds is 4. The van der Waals surface area contributed by atoms with Crippen LogP contribution in [0.25, 0.3) is 0 Å². The topological polar surface area (TPSA) is 93.8 Å². The fourth-order valence-corrected chi connectivity index (χ4v) is 2.71. The third-order valence-electron chi connectivity index (χ3n) is 2.61. The first-order valence-corrected chi connectivity index (χ1v) is 7.23. The number of hydrogen-bond donors (Lipinski definition) is 1. The molecule has 0 heterocycles. The predicted octanol–water partition coefficient (Wildman–Crippen LogP) is 2.62. The zero-order chi connectivity index (χ0) is 16.3. The van der Waals surface area contributed by atoms with E-state index >= 15 is 0 Å². The van der Waals surface area contributed by atoms with Gasteiger partial charge in [0.15, 0.2) is 5.25 Å². The SMILES string of the molecule is CCC(C#N)S(=O)(=O)Nc1ccc(C(F)(F)F)cc1C#N. The highest BCUT2D eigenvalue weighted by atomic mass is 32.2. The maximum atomic E-state index is 12.5. The van der Waals surface area contributed by atoms with Crippen LogP contribution in [0.5, 0.6) is 0 Å². The number of anilines is 1. The lowest BCUT2D eigenvalue weighted by Crippen LogP contribution is -2.26. The molecule has 1 unspecified atom stereocenters. The third kappa shape index (κ3) is 3.86. The molecule has 1 aromatic rings. The second kappa shape index (κ2) is 6.02. The summed E-state index contributed by atoms with van der Waals surface area (Å²) in [4.78, 5) is 0. The molecule has 0 amide bonds. The van der Waals surface area contributed by atoms with Gasteiger partial charge < -0.3 is 0 Å². The minimum absolute atomic E-state index is 0.00829. The van der Waals surface area contributed by atoms with Crippen LogP contribution in [0.15, 0.2) is 18.2 Å². The van der Waals surface area contributed by atoms with Gasteiger partial charge in [-0.15, -0.1) is 0 Å². The summed E-state index contributed by atoms with van der Waals surface area (Å²) in [6, 6.07) is 5.12. The van der Waals surface area contributed by atoms with E-state index in [9.17, 15) is 21.6 Å². The van der Waals surface area contributed by atoms with Gasteiger partial charge in [0.05, 0.1) is 22.9 Å². The third-order valence-corrected chi connectivity index (χ3v) is 4.30. The highest BCUT2D eigenvalue weighted by molar-refractivity contribution is 7.93. The van der Waals surface area contributed by atoms with E-state index in [0.29, 0.717) is 12.1 Å². The Morgan fingerprint density at radius 1 is 1.33 bits per heavy atom. The largest absolute Gasteiger partial charge is 0.416 e. The molecule has 1 atom stereocenters. The van der Waals surface area contributed by atoms with Crippen molar-refractivity contribution in [3.63, 3.8) is 0 Å². The van der Waals surface area contributed by atoms with Gasteiger partial charge in [-0.05, 0) is 24.6 Å². The Morgan fingerprint density at radius 3 is 2.38 bits per heavy atom.